The first kappa shape index (κ1) is 32.4. The van der Waals surface area contributed by atoms with E-state index in [-0.39, 0.29) is 33.2 Å². The predicted molar refractivity (Wildman–Crippen MR) is 165 cm³/mol. The fourth-order valence-electron chi connectivity index (χ4n) is 12.2. The van der Waals surface area contributed by atoms with E-state index in [0.717, 1.165) is 44.9 Å². The number of ether oxygens (including phenoxy) is 2. The van der Waals surface area contributed by atoms with Gasteiger partial charge in [-0.15, -0.1) is 0 Å². The SMILES string of the molecule is CC1(C)CCC2(CO)CCC3(C)C(=CCC4C5(C)CCC(OC6OC(CO)C(O)C(O)C6O)C(C)(C)C5CCC43C)C2C1. The van der Waals surface area contributed by atoms with Crippen molar-refractivity contribution in [2.45, 2.75) is 149 Å². The fraction of sp³-hybridized carbons (Fsp3) is 0.944. The Morgan fingerprint density at radius 1 is 0.814 bits per heavy atom. The minimum Gasteiger partial charge on any atom is -0.396 e. The maximum atomic E-state index is 10.8. The third-order valence-corrected chi connectivity index (χ3v) is 15.2. The molecule has 0 radical (unpaired) electrons. The van der Waals surface area contributed by atoms with Crippen LogP contribution in [-0.2, 0) is 9.47 Å². The lowest BCUT2D eigenvalue weighted by atomic mass is 9.33. The van der Waals surface area contributed by atoms with E-state index >= 15 is 0 Å². The number of fused-ring (bicyclic) bond motifs is 7. The molecular weight excluding hydrogens is 544 g/mol. The first-order valence-electron chi connectivity index (χ1n) is 17.3. The van der Waals surface area contributed by atoms with Crippen molar-refractivity contribution in [3.63, 3.8) is 0 Å². The quantitative estimate of drug-likeness (QED) is 0.227. The highest BCUT2D eigenvalue weighted by Gasteiger charge is 2.68. The third-order valence-electron chi connectivity index (χ3n) is 15.2. The first-order chi connectivity index (χ1) is 20.0. The molecule has 0 aromatic rings. The van der Waals surface area contributed by atoms with Crippen molar-refractivity contribution in [3.05, 3.63) is 11.6 Å². The van der Waals surface area contributed by atoms with Crippen molar-refractivity contribution in [1.29, 1.82) is 0 Å². The molecular formula is C36H60O7. The van der Waals surface area contributed by atoms with Gasteiger partial charge in [0.15, 0.2) is 6.29 Å². The summed E-state index contributed by atoms with van der Waals surface area (Å²) >= 11 is 0. The van der Waals surface area contributed by atoms with Gasteiger partial charge in [-0.1, -0.05) is 60.1 Å². The van der Waals surface area contributed by atoms with Gasteiger partial charge in [-0.25, -0.2) is 0 Å². The molecule has 6 aliphatic rings. The van der Waals surface area contributed by atoms with Crippen LogP contribution in [0.3, 0.4) is 0 Å². The first-order valence-corrected chi connectivity index (χ1v) is 17.3. The van der Waals surface area contributed by atoms with E-state index in [0.29, 0.717) is 29.8 Å². The minimum atomic E-state index is -1.43. The number of aliphatic hydroxyl groups is 5. The Bertz CT molecular complexity index is 1100. The third kappa shape index (κ3) is 4.52. The summed E-state index contributed by atoms with van der Waals surface area (Å²) in [6, 6.07) is 0. The summed E-state index contributed by atoms with van der Waals surface area (Å²) in [6.45, 7) is 17.0. The normalized spacial score (nSPS) is 54.0. The molecule has 1 aliphatic heterocycles. The van der Waals surface area contributed by atoms with E-state index < -0.39 is 37.3 Å². The van der Waals surface area contributed by atoms with Crippen LogP contribution in [0.5, 0.6) is 0 Å². The van der Waals surface area contributed by atoms with Crippen molar-refractivity contribution >= 4 is 0 Å². The second-order valence-corrected chi connectivity index (χ2v) is 17.9. The predicted octanol–water partition coefficient (Wildman–Crippen LogP) is 4.97. The molecule has 43 heavy (non-hydrogen) atoms. The molecule has 5 N–H and O–H groups in total. The minimum absolute atomic E-state index is 0.0486. The standard InChI is InChI=1S/C36H60O7/c1-31(2)14-16-36(20-38)17-15-34(6)21(22(36)18-31)8-9-25-33(5)12-11-26(32(3,4)24(33)10-13-35(25,34)7)43-30-29(41)28(40)27(39)23(19-37)42-30/h8,22-30,37-41H,9-20H2,1-7H3. The van der Waals surface area contributed by atoms with Gasteiger partial charge < -0.3 is 35.0 Å². The van der Waals surface area contributed by atoms with Gasteiger partial charge in [0.25, 0.3) is 0 Å². The number of rotatable bonds is 4. The van der Waals surface area contributed by atoms with Gasteiger partial charge in [0, 0.05) is 12.0 Å². The van der Waals surface area contributed by atoms with Gasteiger partial charge in [-0.3, -0.25) is 0 Å². The van der Waals surface area contributed by atoms with Gasteiger partial charge in [0.05, 0.1) is 12.7 Å². The van der Waals surface area contributed by atoms with E-state index in [4.69, 9.17) is 9.47 Å². The molecule has 13 atom stereocenters. The summed E-state index contributed by atoms with van der Waals surface area (Å²) in [5, 5.41) is 51.8. The second-order valence-electron chi connectivity index (χ2n) is 17.9. The molecule has 0 aromatic heterocycles. The Morgan fingerprint density at radius 2 is 1.51 bits per heavy atom. The zero-order chi connectivity index (χ0) is 31.4. The van der Waals surface area contributed by atoms with E-state index in [1.54, 1.807) is 5.57 Å². The average Bonchev–Trinajstić information content (AvgIpc) is 2.94. The molecule has 1 heterocycles. The molecule has 0 aromatic carbocycles. The molecule has 246 valence electrons. The van der Waals surface area contributed by atoms with Crippen LogP contribution in [0, 0.1) is 50.2 Å². The molecule has 5 aliphatic carbocycles. The monoisotopic (exact) mass is 604 g/mol. The lowest BCUT2D eigenvalue weighted by Gasteiger charge is -2.71. The Kier molecular flexibility index (Phi) is 7.90. The maximum absolute atomic E-state index is 10.8. The number of hydrogen-bond acceptors (Lipinski definition) is 7. The van der Waals surface area contributed by atoms with Crippen molar-refractivity contribution in [3.8, 4) is 0 Å². The Hall–Kier alpha value is -0.540. The molecule has 1 saturated heterocycles. The fourth-order valence-corrected chi connectivity index (χ4v) is 12.2. The highest BCUT2D eigenvalue weighted by Crippen LogP contribution is 2.75. The molecule has 13 unspecified atom stereocenters. The van der Waals surface area contributed by atoms with E-state index in [2.05, 4.69) is 54.5 Å². The number of aliphatic hydroxyl groups excluding tert-OH is 5. The maximum Gasteiger partial charge on any atom is 0.186 e. The highest BCUT2D eigenvalue weighted by molar-refractivity contribution is 5.33. The number of allylic oxidation sites excluding steroid dienone is 2. The van der Waals surface area contributed by atoms with Gasteiger partial charge in [-0.2, -0.15) is 0 Å². The molecule has 0 bridgehead atoms. The van der Waals surface area contributed by atoms with Gasteiger partial charge in [0.2, 0.25) is 0 Å². The highest BCUT2D eigenvalue weighted by atomic mass is 16.7. The summed E-state index contributed by atoms with van der Waals surface area (Å²) < 4.78 is 12.3. The summed E-state index contributed by atoms with van der Waals surface area (Å²) in [7, 11) is 0. The molecule has 7 nitrogen and oxygen atoms in total. The molecule has 6 rings (SSSR count). The Balaban J connectivity index is 1.28. The van der Waals surface area contributed by atoms with Crippen molar-refractivity contribution < 1.29 is 35.0 Å². The zero-order valence-corrected chi connectivity index (χ0v) is 27.8. The van der Waals surface area contributed by atoms with Crippen LogP contribution >= 0.6 is 0 Å². The smallest absolute Gasteiger partial charge is 0.186 e. The van der Waals surface area contributed by atoms with Crippen LogP contribution in [0.2, 0.25) is 0 Å². The van der Waals surface area contributed by atoms with Crippen LogP contribution in [0.25, 0.3) is 0 Å². The van der Waals surface area contributed by atoms with Gasteiger partial charge >= 0.3 is 0 Å². The largest absolute Gasteiger partial charge is 0.396 e. The molecule has 0 spiro atoms. The number of hydrogen-bond donors (Lipinski definition) is 5. The average molecular weight is 605 g/mol. The Morgan fingerprint density at radius 3 is 2.19 bits per heavy atom. The zero-order valence-electron chi connectivity index (χ0n) is 27.8. The summed E-state index contributed by atoms with van der Waals surface area (Å²) in [5.74, 6) is 1.45. The topological polar surface area (TPSA) is 120 Å². The lowest BCUT2D eigenvalue weighted by molar-refractivity contribution is -0.330. The molecule has 7 heteroatoms. The van der Waals surface area contributed by atoms with Crippen LogP contribution < -0.4 is 0 Å². The van der Waals surface area contributed by atoms with E-state index in [9.17, 15) is 25.5 Å². The van der Waals surface area contributed by atoms with Crippen LogP contribution in [0.4, 0.5) is 0 Å². The van der Waals surface area contributed by atoms with Crippen LogP contribution in [0.1, 0.15) is 113 Å². The molecule has 5 fully saturated rings. The van der Waals surface area contributed by atoms with E-state index in [1.165, 1.54) is 19.3 Å². The van der Waals surface area contributed by atoms with Crippen molar-refractivity contribution in [2.24, 2.45) is 50.2 Å². The van der Waals surface area contributed by atoms with Crippen molar-refractivity contribution in [2.75, 3.05) is 13.2 Å². The van der Waals surface area contributed by atoms with Crippen LogP contribution in [-0.4, -0.2) is 75.6 Å². The molecule has 0 amide bonds. The van der Waals surface area contributed by atoms with Gasteiger partial charge in [0.1, 0.15) is 24.4 Å². The Labute approximate surface area is 259 Å². The van der Waals surface area contributed by atoms with Crippen LogP contribution in [0.15, 0.2) is 11.6 Å². The van der Waals surface area contributed by atoms with E-state index in [1.807, 2.05) is 0 Å². The van der Waals surface area contributed by atoms with Gasteiger partial charge in [-0.05, 0) is 109 Å². The summed E-state index contributed by atoms with van der Waals surface area (Å²) in [6.07, 6.45) is 7.30. The lowest BCUT2D eigenvalue weighted by Crippen LogP contribution is -2.66. The second kappa shape index (κ2) is 10.5. The summed E-state index contributed by atoms with van der Waals surface area (Å²) in [5.41, 5.74) is 2.29. The molecule has 4 saturated carbocycles. The summed E-state index contributed by atoms with van der Waals surface area (Å²) in [4.78, 5) is 0. The van der Waals surface area contributed by atoms with Crippen molar-refractivity contribution in [1.82, 2.24) is 0 Å².